The third-order valence-electron chi connectivity index (χ3n) is 2.59. The minimum Gasteiger partial charge on any atom is -0.349 e. The van der Waals surface area contributed by atoms with E-state index < -0.39 is 0 Å². The molecule has 4 nitrogen and oxygen atoms in total. The Morgan fingerprint density at radius 1 is 1.60 bits per heavy atom. The Morgan fingerprint density at radius 2 is 2.33 bits per heavy atom. The van der Waals surface area contributed by atoms with Gasteiger partial charge in [-0.1, -0.05) is 20.3 Å². The first kappa shape index (κ1) is 11.8. The fourth-order valence-electron chi connectivity index (χ4n) is 1.51. The Morgan fingerprint density at radius 3 is 2.87 bits per heavy atom. The first-order valence-electron chi connectivity index (χ1n) is 5.43. The van der Waals surface area contributed by atoms with Gasteiger partial charge in [-0.25, -0.2) is 0 Å². The second kappa shape index (κ2) is 5.53. The summed E-state index contributed by atoms with van der Waals surface area (Å²) in [5.41, 5.74) is 0.589. The van der Waals surface area contributed by atoms with Gasteiger partial charge in [0.05, 0.1) is 11.8 Å². The molecule has 1 aromatic rings. The minimum absolute atomic E-state index is 0.0560. The van der Waals surface area contributed by atoms with Gasteiger partial charge in [0.25, 0.3) is 5.91 Å². The zero-order valence-corrected chi connectivity index (χ0v) is 9.58. The summed E-state index contributed by atoms with van der Waals surface area (Å²) < 4.78 is 0. The number of nitrogens with one attached hydrogen (secondary N) is 2. The third-order valence-corrected chi connectivity index (χ3v) is 2.59. The van der Waals surface area contributed by atoms with Gasteiger partial charge in [-0.3, -0.25) is 9.89 Å². The number of rotatable bonds is 5. The highest BCUT2D eigenvalue weighted by Gasteiger charge is 2.12. The molecule has 84 valence electrons. The first-order chi connectivity index (χ1) is 7.13. The van der Waals surface area contributed by atoms with Crippen molar-refractivity contribution in [2.75, 3.05) is 0 Å². The minimum atomic E-state index is -0.0560. The second-order valence-electron chi connectivity index (χ2n) is 4.11. The summed E-state index contributed by atoms with van der Waals surface area (Å²) >= 11 is 0. The van der Waals surface area contributed by atoms with Crippen molar-refractivity contribution in [2.45, 2.75) is 39.7 Å². The molecule has 2 atom stereocenters. The van der Waals surface area contributed by atoms with Gasteiger partial charge in [0, 0.05) is 12.2 Å². The van der Waals surface area contributed by atoms with E-state index in [1.54, 1.807) is 6.20 Å². The predicted molar refractivity (Wildman–Crippen MR) is 59.6 cm³/mol. The molecule has 2 N–H and O–H groups in total. The lowest BCUT2D eigenvalue weighted by atomic mass is 10.0. The van der Waals surface area contributed by atoms with E-state index in [0.717, 1.165) is 12.8 Å². The van der Waals surface area contributed by atoms with E-state index in [1.165, 1.54) is 6.20 Å². The number of carbonyl (C=O) groups is 1. The summed E-state index contributed by atoms with van der Waals surface area (Å²) in [5.74, 6) is 0.587. The fraction of sp³-hybridized carbons (Fsp3) is 0.636. The maximum atomic E-state index is 11.6. The zero-order valence-electron chi connectivity index (χ0n) is 9.58. The Kier molecular flexibility index (Phi) is 4.34. The summed E-state index contributed by atoms with van der Waals surface area (Å²) in [5, 5.41) is 9.32. The average molecular weight is 209 g/mol. The van der Waals surface area contributed by atoms with E-state index in [0.29, 0.717) is 11.5 Å². The van der Waals surface area contributed by atoms with Gasteiger partial charge in [-0.05, 0) is 19.3 Å². The van der Waals surface area contributed by atoms with Crippen molar-refractivity contribution in [1.29, 1.82) is 0 Å². The number of carbonyl (C=O) groups excluding carboxylic acids is 1. The van der Waals surface area contributed by atoms with Crippen LogP contribution in [0.4, 0.5) is 0 Å². The molecule has 0 spiro atoms. The quantitative estimate of drug-likeness (QED) is 0.778. The van der Waals surface area contributed by atoms with Crippen molar-refractivity contribution in [3.05, 3.63) is 18.0 Å². The van der Waals surface area contributed by atoms with Crippen LogP contribution in [-0.4, -0.2) is 22.1 Å². The SMILES string of the molecule is CCC(C)CC(C)NC(=O)c1cn[nH]c1. The summed E-state index contributed by atoms with van der Waals surface area (Å²) in [6, 6.07) is 0.211. The number of hydrogen-bond acceptors (Lipinski definition) is 2. The van der Waals surface area contributed by atoms with Gasteiger partial charge in [0.2, 0.25) is 0 Å². The largest absolute Gasteiger partial charge is 0.349 e. The van der Waals surface area contributed by atoms with Crippen molar-refractivity contribution in [3.63, 3.8) is 0 Å². The monoisotopic (exact) mass is 209 g/mol. The number of aromatic amines is 1. The van der Waals surface area contributed by atoms with Crippen LogP contribution >= 0.6 is 0 Å². The highest BCUT2D eigenvalue weighted by atomic mass is 16.1. The zero-order chi connectivity index (χ0) is 11.3. The van der Waals surface area contributed by atoms with Crippen molar-refractivity contribution in [2.24, 2.45) is 5.92 Å². The maximum Gasteiger partial charge on any atom is 0.254 e. The summed E-state index contributed by atoms with van der Waals surface area (Å²) in [6.07, 6.45) is 5.29. The van der Waals surface area contributed by atoms with Crippen LogP contribution in [0.25, 0.3) is 0 Å². The molecule has 1 aromatic heterocycles. The van der Waals surface area contributed by atoms with Crippen LogP contribution < -0.4 is 5.32 Å². The normalized spacial score (nSPS) is 14.6. The van der Waals surface area contributed by atoms with E-state index >= 15 is 0 Å². The molecule has 2 unspecified atom stereocenters. The first-order valence-corrected chi connectivity index (χ1v) is 5.43. The van der Waals surface area contributed by atoms with E-state index in [4.69, 9.17) is 0 Å². The maximum absolute atomic E-state index is 11.6. The smallest absolute Gasteiger partial charge is 0.254 e. The van der Waals surface area contributed by atoms with E-state index in [9.17, 15) is 4.79 Å². The average Bonchev–Trinajstić information content (AvgIpc) is 2.70. The molecular weight excluding hydrogens is 190 g/mol. The third kappa shape index (κ3) is 3.73. The second-order valence-corrected chi connectivity index (χ2v) is 4.11. The molecule has 0 aliphatic carbocycles. The van der Waals surface area contributed by atoms with Crippen molar-refractivity contribution < 1.29 is 4.79 Å². The highest BCUT2D eigenvalue weighted by Crippen LogP contribution is 2.09. The lowest BCUT2D eigenvalue weighted by Gasteiger charge is -2.16. The lowest BCUT2D eigenvalue weighted by molar-refractivity contribution is 0.0935. The number of hydrogen-bond donors (Lipinski definition) is 2. The van der Waals surface area contributed by atoms with Crippen LogP contribution in [0.1, 0.15) is 44.0 Å². The van der Waals surface area contributed by atoms with Crippen LogP contribution in [-0.2, 0) is 0 Å². The van der Waals surface area contributed by atoms with Crippen LogP contribution in [0.2, 0.25) is 0 Å². The number of H-pyrrole nitrogens is 1. The van der Waals surface area contributed by atoms with E-state index in [1.807, 2.05) is 6.92 Å². The number of aromatic nitrogens is 2. The summed E-state index contributed by atoms with van der Waals surface area (Å²) in [4.78, 5) is 11.6. The van der Waals surface area contributed by atoms with Gasteiger partial charge in [-0.2, -0.15) is 5.10 Å². The molecule has 0 saturated heterocycles. The lowest BCUT2D eigenvalue weighted by Crippen LogP contribution is -2.33. The van der Waals surface area contributed by atoms with Gasteiger partial charge < -0.3 is 5.32 Å². The molecule has 0 aliphatic rings. The molecular formula is C11H19N3O. The van der Waals surface area contributed by atoms with Crippen LogP contribution in [0.15, 0.2) is 12.4 Å². The molecule has 0 saturated carbocycles. The van der Waals surface area contributed by atoms with Crippen molar-refractivity contribution in [1.82, 2.24) is 15.5 Å². The van der Waals surface area contributed by atoms with E-state index in [2.05, 4.69) is 29.4 Å². The molecule has 0 aliphatic heterocycles. The molecule has 1 amide bonds. The van der Waals surface area contributed by atoms with Crippen molar-refractivity contribution >= 4 is 5.91 Å². The van der Waals surface area contributed by atoms with Crippen molar-refractivity contribution in [3.8, 4) is 0 Å². The standard InChI is InChI=1S/C11H19N3O/c1-4-8(2)5-9(3)14-11(15)10-6-12-13-7-10/h6-9H,4-5H2,1-3H3,(H,12,13)(H,14,15). The van der Waals surface area contributed by atoms with Gasteiger partial charge in [0.15, 0.2) is 0 Å². The topological polar surface area (TPSA) is 57.8 Å². The van der Waals surface area contributed by atoms with Gasteiger partial charge >= 0.3 is 0 Å². The molecule has 0 aromatic carbocycles. The molecule has 0 bridgehead atoms. The van der Waals surface area contributed by atoms with Gasteiger partial charge in [0.1, 0.15) is 0 Å². The molecule has 15 heavy (non-hydrogen) atoms. The fourth-order valence-corrected chi connectivity index (χ4v) is 1.51. The Balaban J connectivity index is 2.38. The van der Waals surface area contributed by atoms with Crippen LogP contribution in [0, 0.1) is 5.92 Å². The summed E-state index contributed by atoms with van der Waals surface area (Å²) in [7, 11) is 0. The Labute approximate surface area is 90.5 Å². The van der Waals surface area contributed by atoms with Crippen LogP contribution in [0.3, 0.4) is 0 Å². The molecule has 0 fully saturated rings. The molecule has 1 rings (SSSR count). The Bertz CT molecular complexity index is 295. The number of nitrogens with zero attached hydrogens (tertiary/aromatic N) is 1. The Hall–Kier alpha value is -1.32. The molecule has 0 radical (unpaired) electrons. The molecule has 4 heteroatoms. The predicted octanol–water partition coefficient (Wildman–Crippen LogP) is 1.96. The number of amides is 1. The molecule has 1 heterocycles. The highest BCUT2D eigenvalue weighted by molar-refractivity contribution is 5.93. The summed E-state index contributed by atoms with van der Waals surface area (Å²) in [6.45, 7) is 6.39. The van der Waals surface area contributed by atoms with Crippen LogP contribution in [0.5, 0.6) is 0 Å². The van der Waals surface area contributed by atoms with E-state index in [-0.39, 0.29) is 11.9 Å². The van der Waals surface area contributed by atoms with Gasteiger partial charge in [-0.15, -0.1) is 0 Å².